The molecular formula is C12H9ClN2O. The van der Waals surface area contributed by atoms with Crippen LogP contribution in [0.3, 0.4) is 0 Å². The number of hydrogen-bond acceptors (Lipinski definition) is 3. The predicted molar refractivity (Wildman–Crippen MR) is 63.5 cm³/mol. The maximum Gasteiger partial charge on any atom is 0.194 e. The number of aromatic nitrogens is 1. The molecule has 0 aliphatic rings. The quantitative estimate of drug-likeness (QED) is 0.640. The van der Waals surface area contributed by atoms with Crippen molar-refractivity contribution < 1.29 is 4.79 Å². The highest BCUT2D eigenvalue weighted by Gasteiger charge is 2.10. The van der Waals surface area contributed by atoms with E-state index in [1.807, 2.05) is 0 Å². The van der Waals surface area contributed by atoms with E-state index in [2.05, 4.69) is 4.98 Å². The molecule has 2 rings (SSSR count). The van der Waals surface area contributed by atoms with Gasteiger partial charge in [-0.15, -0.1) is 0 Å². The first-order chi connectivity index (χ1) is 7.66. The van der Waals surface area contributed by atoms with Crippen molar-refractivity contribution in [3.05, 3.63) is 58.9 Å². The minimum absolute atomic E-state index is 0.137. The Kier molecular flexibility index (Phi) is 2.88. The summed E-state index contributed by atoms with van der Waals surface area (Å²) in [4.78, 5) is 15.9. The van der Waals surface area contributed by atoms with Crippen molar-refractivity contribution in [1.82, 2.24) is 4.98 Å². The standard InChI is InChI=1S/C12H9ClN2O/c13-10-4-9(5-11(14)6-10)12(16)8-2-1-3-15-7-8/h1-7H,14H2. The number of nitrogens with zero attached hydrogens (tertiary/aromatic N) is 1. The first kappa shape index (κ1) is 10.6. The van der Waals surface area contributed by atoms with Crippen LogP contribution >= 0.6 is 11.6 Å². The summed E-state index contributed by atoms with van der Waals surface area (Å²) in [6.07, 6.45) is 3.13. The number of hydrogen-bond donors (Lipinski definition) is 1. The normalized spacial score (nSPS) is 10.1. The number of pyridine rings is 1. The molecule has 0 radical (unpaired) electrons. The summed E-state index contributed by atoms with van der Waals surface area (Å²) in [7, 11) is 0. The lowest BCUT2D eigenvalue weighted by atomic mass is 10.0. The topological polar surface area (TPSA) is 56.0 Å². The maximum atomic E-state index is 12.0. The number of carbonyl (C=O) groups is 1. The molecule has 16 heavy (non-hydrogen) atoms. The van der Waals surface area contributed by atoms with E-state index in [9.17, 15) is 4.79 Å². The van der Waals surface area contributed by atoms with Gasteiger partial charge in [0.2, 0.25) is 0 Å². The highest BCUT2D eigenvalue weighted by Crippen LogP contribution is 2.18. The van der Waals surface area contributed by atoms with Gasteiger partial charge in [0.1, 0.15) is 0 Å². The van der Waals surface area contributed by atoms with Gasteiger partial charge in [0.25, 0.3) is 0 Å². The van der Waals surface area contributed by atoms with E-state index in [1.165, 1.54) is 6.20 Å². The van der Waals surface area contributed by atoms with Gasteiger partial charge in [0.15, 0.2) is 5.78 Å². The molecule has 0 amide bonds. The van der Waals surface area contributed by atoms with Crippen molar-refractivity contribution in [3.8, 4) is 0 Å². The number of anilines is 1. The predicted octanol–water partition coefficient (Wildman–Crippen LogP) is 2.55. The van der Waals surface area contributed by atoms with Gasteiger partial charge in [0, 0.05) is 34.2 Å². The Labute approximate surface area is 97.9 Å². The number of rotatable bonds is 2. The zero-order chi connectivity index (χ0) is 11.5. The van der Waals surface area contributed by atoms with Gasteiger partial charge < -0.3 is 5.73 Å². The average molecular weight is 233 g/mol. The van der Waals surface area contributed by atoms with E-state index < -0.39 is 0 Å². The summed E-state index contributed by atoms with van der Waals surface area (Å²) >= 11 is 5.83. The molecular weight excluding hydrogens is 224 g/mol. The zero-order valence-electron chi connectivity index (χ0n) is 8.35. The monoisotopic (exact) mass is 232 g/mol. The van der Waals surface area contributed by atoms with E-state index in [4.69, 9.17) is 17.3 Å². The minimum Gasteiger partial charge on any atom is -0.399 e. The van der Waals surface area contributed by atoms with Gasteiger partial charge >= 0.3 is 0 Å². The zero-order valence-corrected chi connectivity index (χ0v) is 9.11. The molecule has 0 saturated carbocycles. The number of ketones is 1. The third-order valence-electron chi connectivity index (χ3n) is 2.11. The molecule has 0 fully saturated rings. The van der Waals surface area contributed by atoms with Crippen LogP contribution in [0.5, 0.6) is 0 Å². The summed E-state index contributed by atoms with van der Waals surface area (Å²) in [5.74, 6) is -0.137. The number of nitrogen functional groups attached to an aromatic ring is 1. The molecule has 2 aromatic rings. The molecule has 3 nitrogen and oxygen atoms in total. The van der Waals surface area contributed by atoms with Crippen LogP contribution in [0.25, 0.3) is 0 Å². The molecule has 1 aromatic heterocycles. The summed E-state index contributed by atoms with van der Waals surface area (Å²) < 4.78 is 0. The van der Waals surface area contributed by atoms with Gasteiger partial charge in [-0.3, -0.25) is 9.78 Å². The van der Waals surface area contributed by atoms with Gasteiger partial charge in [-0.25, -0.2) is 0 Å². The second kappa shape index (κ2) is 4.33. The van der Waals surface area contributed by atoms with Crippen LogP contribution in [0, 0.1) is 0 Å². The van der Waals surface area contributed by atoms with Crippen molar-refractivity contribution in [1.29, 1.82) is 0 Å². The van der Waals surface area contributed by atoms with Crippen LogP contribution in [-0.4, -0.2) is 10.8 Å². The summed E-state index contributed by atoms with van der Waals surface area (Å²) in [5, 5.41) is 0.451. The SMILES string of the molecule is Nc1cc(Cl)cc(C(=O)c2cccnc2)c1. The molecule has 1 aromatic carbocycles. The van der Waals surface area contributed by atoms with Crippen molar-refractivity contribution >= 4 is 23.1 Å². The van der Waals surface area contributed by atoms with Gasteiger partial charge in [-0.1, -0.05) is 11.6 Å². The van der Waals surface area contributed by atoms with Crippen LogP contribution in [0.2, 0.25) is 5.02 Å². The van der Waals surface area contributed by atoms with Gasteiger partial charge in [0.05, 0.1) is 0 Å². The lowest BCUT2D eigenvalue weighted by Gasteiger charge is -2.02. The van der Waals surface area contributed by atoms with Crippen LogP contribution in [0.4, 0.5) is 5.69 Å². The molecule has 0 spiro atoms. The van der Waals surface area contributed by atoms with E-state index in [0.717, 1.165) is 0 Å². The number of benzene rings is 1. The summed E-state index contributed by atoms with van der Waals surface area (Å²) in [5.41, 5.74) is 7.08. The second-order valence-electron chi connectivity index (χ2n) is 3.34. The molecule has 0 aliphatic carbocycles. The fraction of sp³-hybridized carbons (Fsp3) is 0. The fourth-order valence-electron chi connectivity index (χ4n) is 1.41. The molecule has 0 unspecified atom stereocenters. The molecule has 4 heteroatoms. The molecule has 80 valence electrons. The first-order valence-electron chi connectivity index (χ1n) is 4.67. The third kappa shape index (κ3) is 2.20. The Bertz CT molecular complexity index is 506. The molecule has 0 bridgehead atoms. The Morgan fingerprint density at radius 1 is 1.25 bits per heavy atom. The van der Waals surface area contributed by atoms with Gasteiger partial charge in [-0.05, 0) is 30.3 Å². The van der Waals surface area contributed by atoms with Crippen LogP contribution < -0.4 is 5.73 Å². The lowest BCUT2D eigenvalue weighted by Crippen LogP contribution is -2.02. The van der Waals surface area contributed by atoms with E-state index in [-0.39, 0.29) is 5.78 Å². The highest BCUT2D eigenvalue weighted by atomic mass is 35.5. The number of carbonyl (C=O) groups excluding carboxylic acids is 1. The third-order valence-corrected chi connectivity index (χ3v) is 2.32. The smallest absolute Gasteiger partial charge is 0.194 e. The number of halogens is 1. The Morgan fingerprint density at radius 3 is 2.69 bits per heavy atom. The van der Waals surface area contributed by atoms with Crippen LogP contribution in [0.1, 0.15) is 15.9 Å². The molecule has 0 aliphatic heterocycles. The van der Waals surface area contributed by atoms with Crippen molar-refractivity contribution in [2.24, 2.45) is 0 Å². The largest absolute Gasteiger partial charge is 0.399 e. The van der Waals surface area contributed by atoms with Crippen LogP contribution in [-0.2, 0) is 0 Å². The summed E-state index contributed by atoms with van der Waals surface area (Å²) in [6.45, 7) is 0. The number of nitrogens with two attached hydrogens (primary N) is 1. The fourth-order valence-corrected chi connectivity index (χ4v) is 1.65. The second-order valence-corrected chi connectivity index (χ2v) is 3.78. The van der Waals surface area contributed by atoms with Crippen molar-refractivity contribution in [2.45, 2.75) is 0 Å². The molecule has 1 heterocycles. The lowest BCUT2D eigenvalue weighted by molar-refractivity contribution is 0.103. The molecule has 0 atom stereocenters. The Hall–Kier alpha value is -1.87. The van der Waals surface area contributed by atoms with E-state index in [1.54, 1.807) is 36.5 Å². The Morgan fingerprint density at radius 2 is 2.06 bits per heavy atom. The van der Waals surface area contributed by atoms with Crippen molar-refractivity contribution in [3.63, 3.8) is 0 Å². The van der Waals surface area contributed by atoms with E-state index >= 15 is 0 Å². The molecule has 2 N–H and O–H groups in total. The first-order valence-corrected chi connectivity index (χ1v) is 5.05. The molecule has 0 saturated heterocycles. The van der Waals surface area contributed by atoms with Gasteiger partial charge in [-0.2, -0.15) is 0 Å². The Balaban J connectivity index is 2.42. The minimum atomic E-state index is -0.137. The van der Waals surface area contributed by atoms with Crippen molar-refractivity contribution in [2.75, 3.05) is 5.73 Å². The maximum absolute atomic E-state index is 12.0. The average Bonchev–Trinajstić information content (AvgIpc) is 2.28. The van der Waals surface area contributed by atoms with E-state index in [0.29, 0.717) is 21.8 Å². The summed E-state index contributed by atoms with van der Waals surface area (Å²) in [6, 6.07) is 8.20. The van der Waals surface area contributed by atoms with Crippen LogP contribution in [0.15, 0.2) is 42.7 Å². The highest BCUT2D eigenvalue weighted by molar-refractivity contribution is 6.31.